The van der Waals surface area contributed by atoms with Crippen molar-refractivity contribution in [2.24, 2.45) is 0 Å². The molecule has 0 fully saturated rings. The number of carbonyl (C=O) groups is 1. The number of hydrogen-bond donors (Lipinski definition) is 1. The number of aryl methyl sites for hydroxylation is 2. The van der Waals surface area contributed by atoms with E-state index in [0.717, 1.165) is 16.7 Å². The first-order valence-electron chi connectivity index (χ1n) is 6.17. The first-order valence-corrected chi connectivity index (χ1v) is 6.17. The SMILES string of the molecule is Cc1ccc(CC(=O)Nc2ccccc2F)c(C)c1. The summed E-state index contributed by atoms with van der Waals surface area (Å²) in [6.07, 6.45) is 0.250. The summed E-state index contributed by atoms with van der Waals surface area (Å²) >= 11 is 0. The Morgan fingerprint density at radius 3 is 2.58 bits per heavy atom. The third kappa shape index (κ3) is 3.41. The van der Waals surface area contributed by atoms with Gasteiger partial charge < -0.3 is 5.32 Å². The molecule has 2 aromatic rings. The van der Waals surface area contributed by atoms with Gasteiger partial charge in [-0.2, -0.15) is 0 Å². The number of halogens is 1. The molecule has 0 radical (unpaired) electrons. The molecule has 2 aromatic carbocycles. The van der Waals surface area contributed by atoms with Crippen molar-refractivity contribution in [1.29, 1.82) is 0 Å². The number of carbonyl (C=O) groups excluding carboxylic acids is 1. The van der Waals surface area contributed by atoms with Crippen molar-refractivity contribution in [3.8, 4) is 0 Å². The Morgan fingerprint density at radius 1 is 1.16 bits per heavy atom. The van der Waals surface area contributed by atoms with E-state index in [2.05, 4.69) is 5.32 Å². The lowest BCUT2D eigenvalue weighted by Gasteiger charge is -2.08. The molecule has 0 saturated heterocycles. The van der Waals surface area contributed by atoms with Gasteiger partial charge in [-0.1, -0.05) is 35.9 Å². The van der Waals surface area contributed by atoms with Crippen LogP contribution in [-0.2, 0) is 11.2 Å². The molecule has 0 aliphatic heterocycles. The van der Waals surface area contributed by atoms with E-state index < -0.39 is 5.82 Å². The largest absolute Gasteiger partial charge is 0.323 e. The van der Waals surface area contributed by atoms with Gasteiger partial charge in [-0.15, -0.1) is 0 Å². The molecule has 0 aliphatic carbocycles. The highest BCUT2D eigenvalue weighted by Gasteiger charge is 2.08. The second-order valence-corrected chi connectivity index (χ2v) is 4.63. The summed E-state index contributed by atoms with van der Waals surface area (Å²) in [6.45, 7) is 3.98. The minimum Gasteiger partial charge on any atom is -0.323 e. The molecule has 0 spiro atoms. The molecule has 98 valence electrons. The van der Waals surface area contributed by atoms with E-state index in [-0.39, 0.29) is 18.0 Å². The molecule has 1 amide bonds. The van der Waals surface area contributed by atoms with Gasteiger partial charge in [-0.05, 0) is 37.1 Å². The van der Waals surface area contributed by atoms with Gasteiger partial charge in [0.25, 0.3) is 0 Å². The molecule has 0 unspecified atom stereocenters. The normalized spacial score (nSPS) is 10.3. The maximum atomic E-state index is 13.4. The van der Waals surface area contributed by atoms with E-state index in [1.807, 2.05) is 32.0 Å². The highest BCUT2D eigenvalue weighted by Crippen LogP contribution is 2.15. The predicted molar refractivity (Wildman–Crippen MR) is 74.6 cm³/mol. The van der Waals surface area contributed by atoms with Gasteiger partial charge in [0.05, 0.1) is 12.1 Å². The number of para-hydroxylation sites is 1. The lowest BCUT2D eigenvalue weighted by atomic mass is 10.0. The van der Waals surface area contributed by atoms with Crippen molar-refractivity contribution in [3.05, 3.63) is 65.0 Å². The summed E-state index contributed by atoms with van der Waals surface area (Å²) in [5.74, 6) is -0.631. The van der Waals surface area contributed by atoms with Gasteiger partial charge in [0.1, 0.15) is 5.82 Å². The fourth-order valence-corrected chi connectivity index (χ4v) is 1.97. The number of amides is 1. The second-order valence-electron chi connectivity index (χ2n) is 4.63. The minimum atomic E-state index is -0.420. The standard InChI is InChI=1S/C16H16FNO/c1-11-7-8-13(12(2)9-11)10-16(19)18-15-6-4-3-5-14(15)17/h3-9H,10H2,1-2H3,(H,18,19). The van der Waals surface area contributed by atoms with Crippen LogP contribution in [0.4, 0.5) is 10.1 Å². The molecule has 0 bridgehead atoms. The average molecular weight is 257 g/mol. The lowest BCUT2D eigenvalue weighted by Crippen LogP contribution is -2.15. The lowest BCUT2D eigenvalue weighted by molar-refractivity contribution is -0.115. The molecular formula is C16H16FNO. The van der Waals surface area contributed by atoms with Crippen molar-refractivity contribution in [2.75, 3.05) is 5.32 Å². The number of hydrogen-bond acceptors (Lipinski definition) is 1. The third-order valence-corrected chi connectivity index (χ3v) is 3.00. The first kappa shape index (κ1) is 13.3. The van der Waals surface area contributed by atoms with Crippen LogP contribution >= 0.6 is 0 Å². The first-order chi connectivity index (χ1) is 9.06. The van der Waals surface area contributed by atoms with Gasteiger partial charge in [0.15, 0.2) is 0 Å². The van der Waals surface area contributed by atoms with E-state index >= 15 is 0 Å². The third-order valence-electron chi connectivity index (χ3n) is 3.00. The molecule has 0 atom stereocenters. The summed E-state index contributed by atoms with van der Waals surface area (Å²) in [7, 11) is 0. The van der Waals surface area contributed by atoms with Gasteiger partial charge in [-0.25, -0.2) is 4.39 Å². The fraction of sp³-hybridized carbons (Fsp3) is 0.188. The summed E-state index contributed by atoms with van der Waals surface area (Å²) in [4.78, 5) is 11.9. The molecule has 2 rings (SSSR count). The molecule has 19 heavy (non-hydrogen) atoms. The van der Waals surface area contributed by atoms with Crippen LogP contribution in [0.2, 0.25) is 0 Å². The maximum absolute atomic E-state index is 13.4. The van der Waals surface area contributed by atoms with Crippen LogP contribution < -0.4 is 5.32 Å². The van der Waals surface area contributed by atoms with E-state index in [1.165, 1.54) is 6.07 Å². The zero-order valence-corrected chi connectivity index (χ0v) is 11.0. The average Bonchev–Trinajstić information content (AvgIpc) is 2.36. The molecular weight excluding hydrogens is 241 g/mol. The Bertz CT molecular complexity index is 607. The number of rotatable bonds is 3. The van der Waals surface area contributed by atoms with Crippen LogP contribution in [0.5, 0.6) is 0 Å². The van der Waals surface area contributed by atoms with Crippen LogP contribution in [0, 0.1) is 19.7 Å². The van der Waals surface area contributed by atoms with Crippen LogP contribution in [0.15, 0.2) is 42.5 Å². The fourth-order valence-electron chi connectivity index (χ4n) is 1.97. The molecule has 0 heterocycles. The van der Waals surface area contributed by atoms with E-state index in [9.17, 15) is 9.18 Å². The second kappa shape index (κ2) is 5.65. The van der Waals surface area contributed by atoms with Crippen molar-refractivity contribution in [2.45, 2.75) is 20.3 Å². The van der Waals surface area contributed by atoms with Crippen molar-refractivity contribution >= 4 is 11.6 Å². The number of benzene rings is 2. The smallest absolute Gasteiger partial charge is 0.228 e. The molecule has 2 nitrogen and oxygen atoms in total. The monoisotopic (exact) mass is 257 g/mol. The Kier molecular flexibility index (Phi) is 3.95. The summed E-state index contributed by atoms with van der Waals surface area (Å²) < 4.78 is 13.4. The topological polar surface area (TPSA) is 29.1 Å². The summed E-state index contributed by atoms with van der Waals surface area (Å²) in [5, 5.41) is 2.59. The van der Waals surface area contributed by atoms with Gasteiger partial charge in [0.2, 0.25) is 5.91 Å². The predicted octanol–water partition coefficient (Wildman–Crippen LogP) is 3.62. The quantitative estimate of drug-likeness (QED) is 0.894. The Morgan fingerprint density at radius 2 is 1.89 bits per heavy atom. The molecule has 3 heteroatoms. The number of anilines is 1. The maximum Gasteiger partial charge on any atom is 0.228 e. The van der Waals surface area contributed by atoms with E-state index in [0.29, 0.717) is 0 Å². The summed E-state index contributed by atoms with van der Waals surface area (Å²) in [6, 6.07) is 12.1. The van der Waals surface area contributed by atoms with Crippen molar-refractivity contribution in [1.82, 2.24) is 0 Å². The van der Waals surface area contributed by atoms with Gasteiger partial charge in [0, 0.05) is 0 Å². The highest BCUT2D eigenvalue weighted by atomic mass is 19.1. The van der Waals surface area contributed by atoms with Crippen LogP contribution in [-0.4, -0.2) is 5.91 Å². The van der Waals surface area contributed by atoms with Crippen LogP contribution in [0.25, 0.3) is 0 Å². The highest BCUT2D eigenvalue weighted by molar-refractivity contribution is 5.92. The van der Waals surface area contributed by atoms with E-state index in [1.54, 1.807) is 18.2 Å². The molecule has 0 aromatic heterocycles. The van der Waals surface area contributed by atoms with Crippen LogP contribution in [0.1, 0.15) is 16.7 Å². The van der Waals surface area contributed by atoms with E-state index in [4.69, 9.17) is 0 Å². The zero-order chi connectivity index (χ0) is 13.8. The summed E-state index contributed by atoms with van der Waals surface area (Å²) in [5.41, 5.74) is 3.41. The number of nitrogens with one attached hydrogen (secondary N) is 1. The Hall–Kier alpha value is -2.16. The molecule has 0 saturated carbocycles. The molecule has 1 N–H and O–H groups in total. The minimum absolute atomic E-state index is 0.211. The zero-order valence-electron chi connectivity index (χ0n) is 11.0. The molecule has 0 aliphatic rings. The van der Waals surface area contributed by atoms with Crippen molar-refractivity contribution in [3.63, 3.8) is 0 Å². The Balaban J connectivity index is 2.08. The van der Waals surface area contributed by atoms with Gasteiger partial charge in [-0.3, -0.25) is 4.79 Å². The van der Waals surface area contributed by atoms with Gasteiger partial charge >= 0.3 is 0 Å². The van der Waals surface area contributed by atoms with Crippen molar-refractivity contribution < 1.29 is 9.18 Å². The Labute approximate surface area is 112 Å². The van der Waals surface area contributed by atoms with Crippen LogP contribution in [0.3, 0.4) is 0 Å².